The number of alkyl halides is 1. The molecule has 2 amide bonds. The molecule has 2 N–H and O–H groups in total. The van der Waals surface area contributed by atoms with Crippen molar-refractivity contribution in [2.24, 2.45) is 0 Å². The van der Waals surface area contributed by atoms with Gasteiger partial charge in [0, 0.05) is 23.9 Å². The lowest BCUT2D eigenvalue weighted by Gasteiger charge is -2.13. The molecule has 0 saturated carbocycles. The summed E-state index contributed by atoms with van der Waals surface area (Å²) in [5, 5.41) is 5.33. The predicted molar refractivity (Wildman–Crippen MR) is 116 cm³/mol. The highest BCUT2D eigenvalue weighted by Crippen LogP contribution is 2.35. The molecule has 0 radical (unpaired) electrons. The normalized spacial score (nSPS) is 10.4. The van der Waals surface area contributed by atoms with E-state index in [9.17, 15) is 9.59 Å². The van der Waals surface area contributed by atoms with Gasteiger partial charge in [-0.1, -0.05) is 0 Å². The zero-order valence-corrected chi connectivity index (χ0v) is 17.8. The van der Waals surface area contributed by atoms with Crippen molar-refractivity contribution in [2.75, 3.05) is 45.0 Å². The van der Waals surface area contributed by atoms with Crippen LogP contribution in [0, 0.1) is 0 Å². The van der Waals surface area contributed by atoms with Crippen LogP contribution in [-0.4, -0.2) is 46.1 Å². The van der Waals surface area contributed by atoms with E-state index in [1.165, 1.54) is 34.5 Å². The van der Waals surface area contributed by atoms with Gasteiger partial charge in [0.05, 0.1) is 39.7 Å². The molecule has 2 aromatic rings. The first-order chi connectivity index (χ1) is 14.4. The molecule has 2 aromatic carbocycles. The van der Waals surface area contributed by atoms with E-state index in [0.717, 1.165) is 0 Å². The minimum absolute atomic E-state index is 0.200. The van der Waals surface area contributed by atoms with Gasteiger partial charge < -0.3 is 29.6 Å². The Morgan fingerprint density at radius 3 is 2.07 bits per heavy atom. The number of carbonyl (C=O) groups is 2. The number of halogens is 1. The number of amides is 2. The molecule has 0 atom stereocenters. The Hall–Kier alpha value is -3.39. The van der Waals surface area contributed by atoms with E-state index in [1.54, 1.807) is 36.4 Å². The maximum Gasteiger partial charge on any atom is 0.248 e. The van der Waals surface area contributed by atoms with E-state index in [2.05, 4.69) is 10.6 Å². The zero-order chi connectivity index (χ0) is 22.1. The van der Waals surface area contributed by atoms with Gasteiger partial charge in [-0.05, 0) is 24.3 Å². The second-order valence-electron chi connectivity index (χ2n) is 5.87. The highest BCUT2D eigenvalue weighted by atomic mass is 35.5. The summed E-state index contributed by atoms with van der Waals surface area (Å²) in [5.74, 6) is 1.00. The topological polar surface area (TPSA) is 95.1 Å². The summed E-state index contributed by atoms with van der Waals surface area (Å²) in [4.78, 5) is 24.0. The van der Waals surface area contributed by atoms with Crippen LogP contribution in [0.3, 0.4) is 0 Å². The second-order valence-corrected chi connectivity index (χ2v) is 6.13. The van der Waals surface area contributed by atoms with Crippen LogP contribution in [0.1, 0.15) is 5.56 Å². The molecule has 0 aliphatic heterocycles. The third-order valence-corrected chi connectivity index (χ3v) is 4.26. The smallest absolute Gasteiger partial charge is 0.248 e. The molecular weight excluding hydrogens is 412 g/mol. The summed E-state index contributed by atoms with van der Waals surface area (Å²) >= 11 is 5.53. The first-order valence-electron chi connectivity index (χ1n) is 8.78. The van der Waals surface area contributed by atoms with Crippen molar-refractivity contribution >= 4 is 40.9 Å². The second kappa shape index (κ2) is 11.0. The summed E-state index contributed by atoms with van der Waals surface area (Å²) in [6.07, 6.45) is 2.92. The maximum absolute atomic E-state index is 12.4. The highest BCUT2D eigenvalue weighted by molar-refractivity contribution is 6.29. The Bertz CT molecular complexity index is 920. The minimum atomic E-state index is -0.394. The molecule has 0 heterocycles. The molecule has 0 aromatic heterocycles. The fourth-order valence-electron chi connectivity index (χ4n) is 2.61. The Morgan fingerprint density at radius 2 is 1.53 bits per heavy atom. The summed E-state index contributed by atoms with van der Waals surface area (Å²) in [7, 11) is 6.04. The summed E-state index contributed by atoms with van der Waals surface area (Å²) < 4.78 is 21.1. The molecule has 9 heteroatoms. The number of nitrogens with one attached hydrogen (secondary N) is 2. The van der Waals surface area contributed by atoms with Crippen molar-refractivity contribution in [3.8, 4) is 23.0 Å². The van der Waals surface area contributed by atoms with E-state index in [-0.39, 0.29) is 5.88 Å². The van der Waals surface area contributed by atoms with E-state index < -0.39 is 11.8 Å². The van der Waals surface area contributed by atoms with Crippen molar-refractivity contribution in [3.05, 3.63) is 42.0 Å². The van der Waals surface area contributed by atoms with Crippen LogP contribution in [0.15, 0.2) is 36.4 Å². The Labute approximate surface area is 179 Å². The highest BCUT2D eigenvalue weighted by Gasteiger charge is 2.12. The molecule has 0 fully saturated rings. The number of hydrogen-bond donors (Lipinski definition) is 2. The molecule has 0 aliphatic carbocycles. The average molecular weight is 435 g/mol. The first-order valence-corrected chi connectivity index (χ1v) is 9.32. The molecule has 0 saturated heterocycles. The third kappa shape index (κ3) is 5.81. The molecule has 0 spiro atoms. The Kier molecular flexibility index (Phi) is 8.37. The Balaban J connectivity index is 2.22. The number of ether oxygens (including phenoxy) is 4. The van der Waals surface area contributed by atoms with Gasteiger partial charge in [0.2, 0.25) is 11.8 Å². The molecule has 8 nitrogen and oxygen atoms in total. The van der Waals surface area contributed by atoms with Crippen molar-refractivity contribution in [2.45, 2.75) is 0 Å². The van der Waals surface area contributed by atoms with Crippen molar-refractivity contribution in [1.29, 1.82) is 0 Å². The number of carbonyl (C=O) groups excluding carboxylic acids is 2. The number of methoxy groups -OCH3 is 4. The maximum atomic E-state index is 12.4. The van der Waals surface area contributed by atoms with Gasteiger partial charge >= 0.3 is 0 Å². The van der Waals surface area contributed by atoms with Crippen molar-refractivity contribution < 1.29 is 28.5 Å². The number of anilines is 2. The average Bonchev–Trinajstić information content (AvgIpc) is 2.77. The lowest BCUT2D eigenvalue weighted by atomic mass is 10.1. The number of hydrogen-bond acceptors (Lipinski definition) is 6. The largest absolute Gasteiger partial charge is 0.496 e. The third-order valence-electron chi connectivity index (χ3n) is 4.02. The van der Waals surface area contributed by atoms with E-state index in [0.29, 0.717) is 39.9 Å². The van der Waals surface area contributed by atoms with Gasteiger partial charge in [-0.25, -0.2) is 0 Å². The van der Waals surface area contributed by atoms with Crippen molar-refractivity contribution in [1.82, 2.24) is 0 Å². The lowest BCUT2D eigenvalue weighted by molar-refractivity contribution is -0.114. The SMILES string of the molecule is COc1cc(OC)c(C=CC(=O)Nc2ccc(OC)c(NC(=O)CCl)c2)c(OC)c1. The van der Waals surface area contributed by atoms with E-state index in [4.69, 9.17) is 30.5 Å². The lowest BCUT2D eigenvalue weighted by Crippen LogP contribution is -2.14. The quantitative estimate of drug-likeness (QED) is 0.463. The van der Waals surface area contributed by atoms with Gasteiger partial charge in [-0.2, -0.15) is 0 Å². The van der Waals surface area contributed by atoms with Gasteiger partial charge in [-0.15, -0.1) is 11.6 Å². The van der Waals surface area contributed by atoms with Crippen LogP contribution >= 0.6 is 11.6 Å². The van der Waals surface area contributed by atoms with Crippen LogP contribution in [-0.2, 0) is 9.59 Å². The number of rotatable bonds is 9. The van der Waals surface area contributed by atoms with Gasteiger partial charge in [-0.3, -0.25) is 9.59 Å². The summed E-state index contributed by atoms with van der Waals surface area (Å²) in [6, 6.07) is 8.22. The summed E-state index contributed by atoms with van der Waals surface area (Å²) in [6.45, 7) is 0. The Morgan fingerprint density at radius 1 is 0.900 bits per heavy atom. The molecule has 2 rings (SSSR count). The van der Waals surface area contributed by atoms with Crippen LogP contribution in [0.5, 0.6) is 23.0 Å². The molecular formula is C21H23ClN2O6. The van der Waals surface area contributed by atoms with Gasteiger partial charge in [0.1, 0.15) is 28.9 Å². The van der Waals surface area contributed by atoms with Crippen molar-refractivity contribution in [3.63, 3.8) is 0 Å². The van der Waals surface area contributed by atoms with Crippen LogP contribution < -0.4 is 29.6 Å². The molecule has 0 aliphatic rings. The summed E-state index contributed by atoms with van der Waals surface area (Å²) in [5.41, 5.74) is 1.44. The number of benzene rings is 2. The van der Waals surface area contributed by atoms with E-state index >= 15 is 0 Å². The zero-order valence-electron chi connectivity index (χ0n) is 17.1. The van der Waals surface area contributed by atoms with Gasteiger partial charge in [0.25, 0.3) is 0 Å². The van der Waals surface area contributed by atoms with E-state index in [1.807, 2.05) is 0 Å². The standard InChI is InChI=1S/C21H23ClN2O6/c1-27-14-10-18(29-3)15(19(11-14)30-4)6-8-20(25)23-13-5-7-17(28-2)16(9-13)24-21(26)12-22/h5-11H,12H2,1-4H3,(H,23,25)(H,24,26). The molecule has 0 bridgehead atoms. The fraction of sp³-hybridized carbons (Fsp3) is 0.238. The minimum Gasteiger partial charge on any atom is -0.496 e. The van der Waals surface area contributed by atoms with Crippen LogP contribution in [0.25, 0.3) is 6.08 Å². The van der Waals surface area contributed by atoms with Gasteiger partial charge in [0.15, 0.2) is 0 Å². The molecule has 30 heavy (non-hydrogen) atoms. The first kappa shape index (κ1) is 22.9. The monoisotopic (exact) mass is 434 g/mol. The predicted octanol–water partition coefficient (Wildman–Crippen LogP) is 3.55. The molecule has 0 unspecified atom stereocenters. The fourth-order valence-corrected chi connectivity index (χ4v) is 2.67. The molecule has 160 valence electrons. The van der Waals surface area contributed by atoms with Crippen LogP contribution in [0.2, 0.25) is 0 Å². The van der Waals surface area contributed by atoms with Crippen LogP contribution in [0.4, 0.5) is 11.4 Å².